The molecule has 0 aromatic heterocycles. The van der Waals surface area contributed by atoms with Gasteiger partial charge in [-0.1, -0.05) is 41.0 Å². The average Bonchev–Trinajstić information content (AvgIpc) is 2.16. The van der Waals surface area contributed by atoms with Crippen molar-refractivity contribution in [2.24, 2.45) is 16.7 Å². The predicted molar refractivity (Wildman–Crippen MR) is 73.7 cm³/mol. The molecule has 1 fully saturated rings. The monoisotopic (exact) mass is 224 g/mol. The van der Waals surface area contributed by atoms with Gasteiger partial charge in [-0.3, -0.25) is 0 Å². The van der Waals surface area contributed by atoms with E-state index in [4.69, 9.17) is 0 Å². The molecule has 0 spiro atoms. The van der Waals surface area contributed by atoms with Crippen molar-refractivity contribution in [3.05, 3.63) is 0 Å². The van der Waals surface area contributed by atoms with Crippen LogP contribution < -0.4 is 0 Å². The molecule has 0 unspecified atom stereocenters. The van der Waals surface area contributed by atoms with Crippen LogP contribution in [0.5, 0.6) is 0 Å². The van der Waals surface area contributed by atoms with Crippen molar-refractivity contribution < 1.29 is 0 Å². The van der Waals surface area contributed by atoms with Crippen LogP contribution in [0.15, 0.2) is 0 Å². The van der Waals surface area contributed by atoms with Crippen LogP contribution in [-0.4, -0.2) is 0 Å². The Hall–Kier alpha value is 0. The molecule has 0 nitrogen and oxygen atoms in total. The Morgan fingerprint density at radius 1 is 1.06 bits per heavy atom. The van der Waals surface area contributed by atoms with Crippen molar-refractivity contribution in [1.82, 2.24) is 0 Å². The quantitative estimate of drug-likeness (QED) is 0.553. The zero-order chi connectivity index (χ0) is 12.2. The van der Waals surface area contributed by atoms with Crippen LogP contribution in [0.25, 0.3) is 0 Å². The molecule has 96 valence electrons. The van der Waals surface area contributed by atoms with Gasteiger partial charge >= 0.3 is 0 Å². The van der Waals surface area contributed by atoms with Crippen molar-refractivity contribution in [1.29, 1.82) is 0 Å². The normalized spacial score (nSPS) is 22.3. The van der Waals surface area contributed by atoms with Crippen LogP contribution in [0.3, 0.4) is 0 Å². The summed E-state index contributed by atoms with van der Waals surface area (Å²) in [7, 11) is 0. The summed E-state index contributed by atoms with van der Waals surface area (Å²) in [6.45, 7) is 12.1. The Morgan fingerprint density at radius 2 is 1.62 bits per heavy atom. The first kappa shape index (κ1) is 14.1. The third kappa shape index (κ3) is 4.89. The summed E-state index contributed by atoms with van der Waals surface area (Å²) >= 11 is 0. The summed E-state index contributed by atoms with van der Waals surface area (Å²) < 4.78 is 0. The van der Waals surface area contributed by atoms with E-state index in [2.05, 4.69) is 34.6 Å². The van der Waals surface area contributed by atoms with E-state index >= 15 is 0 Å². The molecule has 0 bridgehead atoms. The first-order valence-corrected chi connectivity index (χ1v) is 7.35. The van der Waals surface area contributed by atoms with Gasteiger partial charge in [0, 0.05) is 0 Å². The molecule has 1 aliphatic carbocycles. The summed E-state index contributed by atoms with van der Waals surface area (Å²) in [5, 5.41) is 0. The van der Waals surface area contributed by atoms with Crippen LogP contribution >= 0.6 is 0 Å². The summed E-state index contributed by atoms with van der Waals surface area (Å²) in [5.74, 6) is 1.03. The molecule has 0 aliphatic heterocycles. The molecule has 1 rings (SSSR count). The molecule has 0 aromatic carbocycles. The number of rotatable bonds is 5. The minimum atomic E-state index is 0.585. The fraction of sp³-hybridized carbons (Fsp3) is 1.00. The first-order valence-electron chi connectivity index (χ1n) is 7.35. The Labute approximate surface area is 103 Å². The van der Waals surface area contributed by atoms with E-state index in [1.54, 1.807) is 0 Å². The van der Waals surface area contributed by atoms with E-state index in [9.17, 15) is 0 Å². The maximum atomic E-state index is 2.45. The lowest BCUT2D eigenvalue weighted by atomic mass is 9.70. The van der Waals surface area contributed by atoms with Gasteiger partial charge in [-0.2, -0.15) is 0 Å². The highest BCUT2D eigenvalue weighted by atomic mass is 14.3. The molecule has 0 heterocycles. The van der Waals surface area contributed by atoms with Gasteiger partial charge in [0.15, 0.2) is 0 Å². The Kier molecular flexibility index (Phi) is 4.88. The lowest BCUT2D eigenvalue weighted by Crippen LogP contribution is -2.22. The van der Waals surface area contributed by atoms with Crippen LogP contribution in [-0.2, 0) is 0 Å². The molecule has 0 aromatic rings. The maximum Gasteiger partial charge on any atom is -0.0354 e. The first-order chi connectivity index (χ1) is 7.35. The highest BCUT2D eigenvalue weighted by molar-refractivity contribution is 4.80. The van der Waals surface area contributed by atoms with Crippen molar-refractivity contribution in [3.63, 3.8) is 0 Å². The van der Waals surface area contributed by atoms with E-state index < -0.39 is 0 Å². The second kappa shape index (κ2) is 5.56. The maximum absolute atomic E-state index is 2.45. The van der Waals surface area contributed by atoms with E-state index in [1.807, 2.05) is 0 Å². The molecule has 0 N–H and O–H groups in total. The van der Waals surface area contributed by atoms with Gasteiger partial charge in [0.1, 0.15) is 0 Å². The Bertz CT molecular complexity index is 190. The van der Waals surface area contributed by atoms with Crippen LogP contribution in [0.2, 0.25) is 0 Å². The standard InChI is InChI=1S/C16H32/c1-6-10-15(2,3)11-7-14-8-12-16(4,5)13-9-14/h14H,6-13H2,1-5H3. The number of hydrogen-bond acceptors (Lipinski definition) is 0. The smallest absolute Gasteiger partial charge is 0.0354 e. The highest BCUT2D eigenvalue weighted by Gasteiger charge is 2.27. The predicted octanol–water partition coefficient (Wildman–Crippen LogP) is 5.81. The summed E-state index contributed by atoms with van der Waals surface area (Å²) in [5.41, 5.74) is 1.22. The minimum Gasteiger partial charge on any atom is -0.0654 e. The van der Waals surface area contributed by atoms with Crippen molar-refractivity contribution in [2.75, 3.05) is 0 Å². The fourth-order valence-corrected chi connectivity index (χ4v) is 3.14. The Balaban J connectivity index is 2.24. The van der Waals surface area contributed by atoms with Crippen molar-refractivity contribution in [3.8, 4) is 0 Å². The van der Waals surface area contributed by atoms with E-state index in [0.29, 0.717) is 10.8 Å². The Morgan fingerprint density at radius 3 is 2.12 bits per heavy atom. The van der Waals surface area contributed by atoms with Gasteiger partial charge in [-0.15, -0.1) is 0 Å². The molecule has 1 saturated carbocycles. The number of hydrogen-bond donors (Lipinski definition) is 0. The summed E-state index contributed by atoms with van der Waals surface area (Å²) in [6.07, 6.45) is 11.5. The molecule has 0 heteroatoms. The van der Waals surface area contributed by atoms with Crippen LogP contribution in [0.1, 0.15) is 86.0 Å². The van der Waals surface area contributed by atoms with Crippen LogP contribution in [0.4, 0.5) is 0 Å². The third-order valence-electron chi connectivity index (χ3n) is 4.61. The lowest BCUT2D eigenvalue weighted by Gasteiger charge is -2.35. The molecule has 0 radical (unpaired) electrons. The molecular weight excluding hydrogens is 192 g/mol. The minimum absolute atomic E-state index is 0.585. The van der Waals surface area contributed by atoms with Gasteiger partial charge in [-0.05, 0) is 61.7 Å². The van der Waals surface area contributed by atoms with Gasteiger partial charge in [0.2, 0.25) is 0 Å². The van der Waals surface area contributed by atoms with Crippen molar-refractivity contribution in [2.45, 2.75) is 86.0 Å². The zero-order valence-electron chi connectivity index (χ0n) is 12.2. The average molecular weight is 224 g/mol. The van der Waals surface area contributed by atoms with Crippen molar-refractivity contribution >= 4 is 0 Å². The highest BCUT2D eigenvalue weighted by Crippen LogP contribution is 2.41. The SMILES string of the molecule is CCCC(C)(C)CCC1CCC(C)(C)CC1. The van der Waals surface area contributed by atoms with E-state index in [1.165, 1.54) is 51.4 Å². The fourth-order valence-electron chi connectivity index (χ4n) is 3.14. The lowest BCUT2D eigenvalue weighted by molar-refractivity contribution is 0.167. The van der Waals surface area contributed by atoms with Gasteiger partial charge in [0.25, 0.3) is 0 Å². The second-order valence-corrected chi connectivity index (χ2v) is 7.56. The second-order valence-electron chi connectivity index (χ2n) is 7.56. The van der Waals surface area contributed by atoms with Gasteiger partial charge < -0.3 is 0 Å². The molecular formula is C16H32. The topological polar surface area (TPSA) is 0 Å². The molecule has 0 amide bonds. The van der Waals surface area contributed by atoms with E-state index in [-0.39, 0.29) is 0 Å². The largest absolute Gasteiger partial charge is 0.0654 e. The molecule has 0 atom stereocenters. The van der Waals surface area contributed by atoms with Crippen LogP contribution in [0, 0.1) is 16.7 Å². The van der Waals surface area contributed by atoms with Gasteiger partial charge in [0.05, 0.1) is 0 Å². The molecule has 16 heavy (non-hydrogen) atoms. The molecule has 0 saturated heterocycles. The summed E-state index contributed by atoms with van der Waals surface area (Å²) in [4.78, 5) is 0. The zero-order valence-corrected chi connectivity index (χ0v) is 12.2. The molecule has 1 aliphatic rings. The third-order valence-corrected chi connectivity index (χ3v) is 4.61. The van der Waals surface area contributed by atoms with Gasteiger partial charge in [-0.25, -0.2) is 0 Å². The summed E-state index contributed by atoms with van der Waals surface area (Å²) in [6, 6.07) is 0. The van der Waals surface area contributed by atoms with E-state index in [0.717, 1.165) is 5.92 Å².